The maximum absolute atomic E-state index is 11.9. The number of hydrogen-bond donors (Lipinski definition) is 3. The summed E-state index contributed by atoms with van der Waals surface area (Å²) in [7, 11) is 0. The first-order chi connectivity index (χ1) is 10.1. The summed E-state index contributed by atoms with van der Waals surface area (Å²) in [5.74, 6) is -0.965. The molecule has 21 heavy (non-hydrogen) atoms. The van der Waals surface area contributed by atoms with Gasteiger partial charge in [-0.3, -0.25) is 4.79 Å². The minimum atomic E-state index is -0.961. The van der Waals surface area contributed by atoms with Crippen LogP contribution >= 0.6 is 0 Å². The zero-order valence-electron chi connectivity index (χ0n) is 11.9. The Labute approximate surface area is 124 Å². The fourth-order valence-corrected chi connectivity index (χ4v) is 2.70. The zero-order chi connectivity index (χ0) is 15.2. The Morgan fingerprint density at radius 1 is 1.14 bits per heavy atom. The molecule has 0 aromatic heterocycles. The topological polar surface area (TPSA) is 86.6 Å². The summed E-state index contributed by atoms with van der Waals surface area (Å²) in [5, 5.41) is 21.5. The lowest BCUT2D eigenvalue weighted by Gasteiger charge is -2.26. The molecule has 1 saturated carbocycles. The molecule has 5 nitrogen and oxygen atoms in total. The smallest absolute Gasteiger partial charge is 0.335 e. The number of carbonyl (C=O) groups excluding carboxylic acids is 1. The van der Waals surface area contributed by atoms with Crippen LogP contribution in [0, 0.1) is 5.92 Å². The molecule has 2 rings (SSSR count). The van der Waals surface area contributed by atoms with E-state index in [1.165, 1.54) is 12.1 Å². The maximum atomic E-state index is 11.9. The molecule has 1 aliphatic carbocycles. The molecule has 1 aromatic rings. The lowest BCUT2D eigenvalue weighted by molar-refractivity contribution is -0.123. The number of aliphatic hydroxyl groups excluding tert-OH is 1. The summed E-state index contributed by atoms with van der Waals surface area (Å²) in [4.78, 5) is 22.6. The highest BCUT2D eigenvalue weighted by atomic mass is 16.4. The highest BCUT2D eigenvalue weighted by Gasteiger charge is 2.25. The van der Waals surface area contributed by atoms with Crippen molar-refractivity contribution in [2.75, 3.05) is 0 Å². The largest absolute Gasteiger partial charge is 0.478 e. The number of carbonyl (C=O) groups is 2. The third-order valence-corrected chi connectivity index (χ3v) is 4.01. The van der Waals surface area contributed by atoms with Crippen LogP contribution < -0.4 is 5.32 Å². The van der Waals surface area contributed by atoms with E-state index in [-0.39, 0.29) is 23.5 Å². The average Bonchev–Trinajstić information content (AvgIpc) is 2.48. The van der Waals surface area contributed by atoms with Gasteiger partial charge in [-0.1, -0.05) is 25.0 Å². The maximum Gasteiger partial charge on any atom is 0.335 e. The first kappa shape index (κ1) is 15.5. The van der Waals surface area contributed by atoms with Crippen molar-refractivity contribution in [3.8, 4) is 0 Å². The van der Waals surface area contributed by atoms with Crippen molar-refractivity contribution in [1.29, 1.82) is 0 Å². The zero-order valence-corrected chi connectivity index (χ0v) is 11.9. The van der Waals surface area contributed by atoms with E-state index in [9.17, 15) is 14.7 Å². The summed E-state index contributed by atoms with van der Waals surface area (Å²) in [6.07, 6.45) is 3.80. The van der Waals surface area contributed by atoms with Gasteiger partial charge in [0, 0.05) is 13.0 Å². The van der Waals surface area contributed by atoms with E-state index >= 15 is 0 Å². The van der Waals surface area contributed by atoms with E-state index in [0.29, 0.717) is 13.0 Å². The summed E-state index contributed by atoms with van der Waals surface area (Å²) < 4.78 is 0. The Morgan fingerprint density at radius 3 is 2.43 bits per heavy atom. The van der Waals surface area contributed by atoms with E-state index in [4.69, 9.17) is 5.11 Å². The molecule has 1 aromatic carbocycles. The molecular formula is C16H21NO4. The average molecular weight is 291 g/mol. The Morgan fingerprint density at radius 2 is 1.81 bits per heavy atom. The van der Waals surface area contributed by atoms with Gasteiger partial charge >= 0.3 is 5.97 Å². The Bertz CT molecular complexity index is 498. The second kappa shape index (κ2) is 7.22. The van der Waals surface area contributed by atoms with Crippen molar-refractivity contribution >= 4 is 11.9 Å². The number of carboxylic acid groups (broad SMARTS) is 1. The Balaban J connectivity index is 1.79. The molecule has 5 heteroatoms. The first-order valence-electron chi connectivity index (χ1n) is 7.33. The second-order valence-electron chi connectivity index (χ2n) is 5.59. The number of benzene rings is 1. The molecule has 3 N–H and O–H groups in total. The predicted octanol–water partition coefficient (Wildman–Crippen LogP) is 1.94. The summed E-state index contributed by atoms with van der Waals surface area (Å²) in [6, 6.07) is 6.43. The van der Waals surface area contributed by atoms with Crippen molar-refractivity contribution in [3.05, 3.63) is 35.4 Å². The van der Waals surface area contributed by atoms with Gasteiger partial charge in [-0.15, -0.1) is 0 Å². The van der Waals surface area contributed by atoms with E-state index < -0.39 is 5.97 Å². The fourth-order valence-electron chi connectivity index (χ4n) is 2.70. The number of aliphatic hydroxyl groups is 1. The van der Waals surface area contributed by atoms with Crippen LogP contribution in [0.4, 0.5) is 0 Å². The highest BCUT2D eigenvalue weighted by Crippen LogP contribution is 2.26. The minimum absolute atomic E-state index is 0.0631. The molecule has 0 unspecified atom stereocenters. The molecule has 0 aliphatic heterocycles. The fraction of sp³-hybridized carbons (Fsp3) is 0.500. The number of amides is 1. The van der Waals surface area contributed by atoms with Crippen LogP contribution in [0.3, 0.4) is 0 Å². The van der Waals surface area contributed by atoms with Gasteiger partial charge in [0.1, 0.15) is 0 Å². The van der Waals surface area contributed by atoms with Crippen LogP contribution in [-0.4, -0.2) is 28.2 Å². The van der Waals surface area contributed by atoms with Crippen molar-refractivity contribution in [2.45, 2.75) is 44.8 Å². The van der Waals surface area contributed by atoms with Gasteiger partial charge < -0.3 is 15.5 Å². The summed E-state index contributed by atoms with van der Waals surface area (Å²) >= 11 is 0. The van der Waals surface area contributed by atoms with Crippen molar-refractivity contribution in [3.63, 3.8) is 0 Å². The molecule has 0 saturated heterocycles. The van der Waals surface area contributed by atoms with Gasteiger partial charge in [0.2, 0.25) is 5.91 Å². The Hall–Kier alpha value is -1.88. The SMILES string of the molecule is O=C(C[C@@H]1CCCC[C@H]1O)NCc1ccc(C(=O)O)cc1. The van der Waals surface area contributed by atoms with Crippen LogP contribution in [0.1, 0.15) is 48.0 Å². The molecule has 1 aliphatic rings. The molecule has 2 atom stereocenters. The van der Waals surface area contributed by atoms with Crippen LogP contribution in [0.15, 0.2) is 24.3 Å². The predicted molar refractivity (Wildman–Crippen MR) is 77.8 cm³/mol. The van der Waals surface area contributed by atoms with Gasteiger partial charge in [-0.25, -0.2) is 4.79 Å². The van der Waals surface area contributed by atoms with Gasteiger partial charge in [0.15, 0.2) is 0 Å². The highest BCUT2D eigenvalue weighted by molar-refractivity contribution is 5.87. The van der Waals surface area contributed by atoms with Crippen LogP contribution in [-0.2, 0) is 11.3 Å². The molecule has 0 bridgehead atoms. The number of aromatic carboxylic acids is 1. The number of rotatable bonds is 5. The van der Waals surface area contributed by atoms with Crippen molar-refractivity contribution in [1.82, 2.24) is 5.32 Å². The van der Waals surface area contributed by atoms with Gasteiger partial charge in [0.25, 0.3) is 0 Å². The normalized spacial score (nSPS) is 21.8. The summed E-state index contributed by atoms with van der Waals surface area (Å²) in [5.41, 5.74) is 1.09. The molecule has 0 heterocycles. The number of hydrogen-bond acceptors (Lipinski definition) is 3. The third-order valence-electron chi connectivity index (χ3n) is 4.01. The molecule has 1 amide bonds. The first-order valence-corrected chi connectivity index (χ1v) is 7.33. The monoisotopic (exact) mass is 291 g/mol. The quantitative estimate of drug-likeness (QED) is 0.774. The minimum Gasteiger partial charge on any atom is -0.478 e. The van der Waals surface area contributed by atoms with Crippen molar-refractivity contribution < 1.29 is 19.8 Å². The van der Waals surface area contributed by atoms with E-state index in [2.05, 4.69) is 5.32 Å². The molecule has 0 radical (unpaired) electrons. The standard InChI is InChI=1S/C16H21NO4/c18-14-4-2-1-3-13(14)9-15(19)17-10-11-5-7-12(8-6-11)16(20)21/h5-8,13-14,18H,1-4,9-10H2,(H,17,19)(H,20,21)/t13-,14+/m0/s1. The summed E-state index contributed by atoms with van der Waals surface area (Å²) in [6.45, 7) is 0.377. The number of nitrogens with one attached hydrogen (secondary N) is 1. The van der Waals surface area contributed by atoms with Crippen LogP contribution in [0.2, 0.25) is 0 Å². The lowest BCUT2D eigenvalue weighted by atomic mass is 9.84. The van der Waals surface area contributed by atoms with Gasteiger partial charge in [-0.2, -0.15) is 0 Å². The van der Waals surface area contributed by atoms with E-state index in [0.717, 1.165) is 31.2 Å². The van der Waals surface area contributed by atoms with E-state index in [1.54, 1.807) is 12.1 Å². The third kappa shape index (κ3) is 4.56. The van der Waals surface area contributed by atoms with Crippen molar-refractivity contribution in [2.24, 2.45) is 5.92 Å². The second-order valence-corrected chi connectivity index (χ2v) is 5.59. The molecule has 0 spiro atoms. The molecular weight excluding hydrogens is 270 g/mol. The van der Waals surface area contributed by atoms with Crippen LogP contribution in [0.25, 0.3) is 0 Å². The van der Waals surface area contributed by atoms with E-state index in [1.807, 2.05) is 0 Å². The Kier molecular flexibility index (Phi) is 5.33. The molecule has 114 valence electrons. The van der Waals surface area contributed by atoms with Crippen LogP contribution in [0.5, 0.6) is 0 Å². The van der Waals surface area contributed by atoms with Gasteiger partial charge in [-0.05, 0) is 36.5 Å². The number of carboxylic acids is 1. The van der Waals surface area contributed by atoms with Gasteiger partial charge in [0.05, 0.1) is 11.7 Å². The lowest BCUT2D eigenvalue weighted by Crippen LogP contribution is -2.31. The molecule has 1 fully saturated rings.